The van der Waals surface area contributed by atoms with Crippen molar-refractivity contribution in [2.24, 2.45) is 0 Å². The van der Waals surface area contributed by atoms with E-state index >= 15 is 0 Å². The minimum atomic E-state index is 0.616. The molecule has 0 aliphatic carbocycles. The standard InChI is InChI=1S/C16H13N3O/c1-20-16-4-2-3-14(18-16)11-19-8-7-13-9-12(10-17)5-6-15(13)19/h2-9H,11H2,1H3. The highest BCUT2D eigenvalue weighted by Gasteiger charge is 2.04. The Morgan fingerprint density at radius 3 is 2.95 bits per heavy atom. The van der Waals surface area contributed by atoms with Crippen LogP contribution in [0.1, 0.15) is 11.3 Å². The number of benzene rings is 1. The van der Waals surface area contributed by atoms with Crippen molar-refractivity contribution in [1.29, 1.82) is 5.26 Å². The molecule has 0 unspecified atom stereocenters. The van der Waals surface area contributed by atoms with Crippen LogP contribution in [0.25, 0.3) is 10.9 Å². The summed E-state index contributed by atoms with van der Waals surface area (Å²) in [6, 6.07) is 15.6. The number of aromatic nitrogens is 2. The largest absolute Gasteiger partial charge is 0.481 e. The van der Waals surface area contributed by atoms with E-state index in [1.807, 2.05) is 48.7 Å². The van der Waals surface area contributed by atoms with Crippen LogP contribution in [0, 0.1) is 11.3 Å². The molecule has 0 saturated carbocycles. The number of pyridine rings is 1. The summed E-state index contributed by atoms with van der Waals surface area (Å²) in [4.78, 5) is 4.41. The van der Waals surface area contributed by atoms with Crippen molar-refractivity contribution in [2.45, 2.75) is 6.54 Å². The summed E-state index contributed by atoms with van der Waals surface area (Å²) in [7, 11) is 1.61. The Hall–Kier alpha value is -2.80. The Bertz CT molecular complexity index is 799. The van der Waals surface area contributed by atoms with Gasteiger partial charge in [0.05, 0.1) is 31.0 Å². The van der Waals surface area contributed by atoms with E-state index in [1.165, 1.54) is 0 Å². The third kappa shape index (κ3) is 2.21. The summed E-state index contributed by atoms with van der Waals surface area (Å²) < 4.78 is 7.24. The lowest BCUT2D eigenvalue weighted by Gasteiger charge is -2.06. The molecule has 2 heterocycles. The van der Waals surface area contributed by atoms with Gasteiger partial charge in [-0.15, -0.1) is 0 Å². The van der Waals surface area contributed by atoms with Crippen molar-refractivity contribution in [1.82, 2.24) is 9.55 Å². The van der Waals surface area contributed by atoms with Crippen molar-refractivity contribution in [3.8, 4) is 11.9 Å². The number of nitrogens with zero attached hydrogens (tertiary/aromatic N) is 3. The van der Waals surface area contributed by atoms with Crippen LogP contribution in [0.15, 0.2) is 48.7 Å². The van der Waals surface area contributed by atoms with Crippen LogP contribution in [0.2, 0.25) is 0 Å². The maximum absolute atomic E-state index is 8.92. The molecule has 0 aliphatic rings. The van der Waals surface area contributed by atoms with E-state index in [9.17, 15) is 0 Å². The highest BCUT2D eigenvalue weighted by atomic mass is 16.5. The maximum atomic E-state index is 8.92. The fraction of sp³-hybridized carbons (Fsp3) is 0.125. The molecular formula is C16H13N3O. The van der Waals surface area contributed by atoms with Crippen LogP contribution < -0.4 is 4.74 Å². The maximum Gasteiger partial charge on any atom is 0.213 e. The summed E-state index contributed by atoms with van der Waals surface area (Å²) in [5, 5.41) is 9.98. The Labute approximate surface area is 116 Å². The Balaban J connectivity index is 1.96. The van der Waals surface area contributed by atoms with E-state index in [0.29, 0.717) is 18.0 Å². The topological polar surface area (TPSA) is 50.8 Å². The van der Waals surface area contributed by atoms with Gasteiger partial charge in [0.2, 0.25) is 5.88 Å². The number of fused-ring (bicyclic) bond motifs is 1. The van der Waals surface area contributed by atoms with E-state index in [2.05, 4.69) is 15.6 Å². The molecule has 0 atom stereocenters. The number of hydrogen-bond donors (Lipinski definition) is 0. The van der Waals surface area contributed by atoms with Gasteiger partial charge in [0.25, 0.3) is 0 Å². The number of ether oxygens (including phenoxy) is 1. The molecule has 98 valence electrons. The quantitative estimate of drug-likeness (QED) is 0.730. The Morgan fingerprint density at radius 2 is 2.15 bits per heavy atom. The highest BCUT2D eigenvalue weighted by Crippen LogP contribution is 2.19. The number of rotatable bonds is 3. The predicted octanol–water partition coefficient (Wildman–Crippen LogP) is 2.96. The summed E-state index contributed by atoms with van der Waals surface area (Å²) in [5.74, 6) is 0.616. The zero-order valence-corrected chi connectivity index (χ0v) is 11.1. The highest BCUT2D eigenvalue weighted by molar-refractivity contribution is 5.81. The van der Waals surface area contributed by atoms with Gasteiger partial charge < -0.3 is 9.30 Å². The molecule has 3 rings (SSSR count). The SMILES string of the molecule is COc1cccc(Cn2ccc3cc(C#N)ccc32)n1. The average Bonchev–Trinajstić information content (AvgIpc) is 2.89. The summed E-state index contributed by atoms with van der Waals surface area (Å²) in [6.07, 6.45) is 2.01. The summed E-state index contributed by atoms with van der Waals surface area (Å²) >= 11 is 0. The van der Waals surface area contributed by atoms with E-state index in [1.54, 1.807) is 7.11 Å². The first-order valence-corrected chi connectivity index (χ1v) is 6.29. The molecule has 3 aromatic rings. The zero-order chi connectivity index (χ0) is 13.9. The minimum Gasteiger partial charge on any atom is -0.481 e. The van der Waals surface area contributed by atoms with Gasteiger partial charge in [-0.25, -0.2) is 4.98 Å². The van der Waals surface area contributed by atoms with Gasteiger partial charge in [0, 0.05) is 23.2 Å². The van der Waals surface area contributed by atoms with Crippen LogP contribution in [-0.2, 0) is 6.54 Å². The van der Waals surface area contributed by atoms with Crippen molar-refractivity contribution < 1.29 is 4.74 Å². The predicted molar refractivity (Wildman–Crippen MR) is 76.5 cm³/mol. The second kappa shape index (κ2) is 5.06. The lowest BCUT2D eigenvalue weighted by Crippen LogP contribution is -2.01. The molecule has 0 bridgehead atoms. The first kappa shape index (κ1) is 12.2. The Morgan fingerprint density at radius 1 is 1.25 bits per heavy atom. The zero-order valence-electron chi connectivity index (χ0n) is 11.1. The van der Waals surface area contributed by atoms with Crippen LogP contribution in [0.3, 0.4) is 0 Å². The molecule has 0 fully saturated rings. The number of nitriles is 1. The Kier molecular flexibility index (Phi) is 3.10. The molecule has 0 N–H and O–H groups in total. The number of methoxy groups -OCH3 is 1. The van der Waals surface area contributed by atoms with Crippen LogP contribution in [-0.4, -0.2) is 16.7 Å². The second-order valence-corrected chi connectivity index (χ2v) is 4.50. The van der Waals surface area contributed by atoms with Gasteiger partial charge >= 0.3 is 0 Å². The lowest BCUT2D eigenvalue weighted by atomic mass is 10.2. The van der Waals surface area contributed by atoms with Crippen molar-refractivity contribution in [3.63, 3.8) is 0 Å². The smallest absolute Gasteiger partial charge is 0.213 e. The molecule has 4 nitrogen and oxygen atoms in total. The molecule has 0 amide bonds. The molecule has 0 aliphatic heterocycles. The molecule has 1 aromatic carbocycles. The van der Waals surface area contributed by atoms with E-state index < -0.39 is 0 Å². The molecule has 0 saturated heterocycles. The lowest BCUT2D eigenvalue weighted by molar-refractivity contribution is 0.396. The van der Waals surface area contributed by atoms with Crippen LogP contribution in [0.4, 0.5) is 0 Å². The van der Waals surface area contributed by atoms with Gasteiger partial charge in [-0.05, 0) is 30.3 Å². The van der Waals surface area contributed by atoms with Crippen LogP contribution >= 0.6 is 0 Å². The van der Waals surface area contributed by atoms with Gasteiger partial charge in [0.15, 0.2) is 0 Å². The molecule has 2 aromatic heterocycles. The van der Waals surface area contributed by atoms with Crippen molar-refractivity contribution in [3.05, 3.63) is 59.9 Å². The average molecular weight is 263 g/mol. The first-order valence-electron chi connectivity index (χ1n) is 6.29. The van der Waals surface area contributed by atoms with E-state index in [4.69, 9.17) is 10.00 Å². The van der Waals surface area contributed by atoms with Gasteiger partial charge in [-0.1, -0.05) is 6.07 Å². The summed E-state index contributed by atoms with van der Waals surface area (Å²) in [6.45, 7) is 0.673. The normalized spacial score (nSPS) is 10.4. The van der Waals surface area contributed by atoms with Gasteiger partial charge in [-0.3, -0.25) is 0 Å². The number of hydrogen-bond acceptors (Lipinski definition) is 3. The molecular weight excluding hydrogens is 250 g/mol. The van der Waals surface area contributed by atoms with Gasteiger partial charge in [-0.2, -0.15) is 5.26 Å². The van der Waals surface area contributed by atoms with Crippen molar-refractivity contribution >= 4 is 10.9 Å². The molecule has 4 heteroatoms. The van der Waals surface area contributed by atoms with Crippen LogP contribution in [0.5, 0.6) is 5.88 Å². The minimum absolute atomic E-state index is 0.616. The van der Waals surface area contributed by atoms with Crippen molar-refractivity contribution in [2.75, 3.05) is 7.11 Å². The third-order valence-electron chi connectivity index (χ3n) is 3.22. The van der Waals surface area contributed by atoms with E-state index in [-0.39, 0.29) is 0 Å². The third-order valence-corrected chi connectivity index (χ3v) is 3.22. The second-order valence-electron chi connectivity index (χ2n) is 4.50. The van der Waals surface area contributed by atoms with E-state index in [0.717, 1.165) is 16.6 Å². The first-order chi connectivity index (χ1) is 9.80. The molecule has 0 radical (unpaired) electrons. The molecule has 0 spiro atoms. The monoisotopic (exact) mass is 263 g/mol. The fourth-order valence-corrected chi connectivity index (χ4v) is 2.24. The van der Waals surface area contributed by atoms with Gasteiger partial charge in [0.1, 0.15) is 0 Å². The molecule has 20 heavy (non-hydrogen) atoms. The fourth-order valence-electron chi connectivity index (χ4n) is 2.24. The summed E-state index contributed by atoms with van der Waals surface area (Å²) in [5.41, 5.74) is 2.70.